The molecule has 1 saturated heterocycles. The van der Waals surface area contributed by atoms with Gasteiger partial charge in [0, 0.05) is 12.1 Å². The Bertz CT molecular complexity index is 481. The highest BCUT2D eigenvalue weighted by Crippen LogP contribution is 2.19. The third kappa shape index (κ3) is 5.41. The van der Waals surface area contributed by atoms with Crippen LogP contribution in [-0.4, -0.2) is 42.9 Å². The Hall–Kier alpha value is -1.50. The largest absolute Gasteiger partial charge is 0.492 e. The van der Waals surface area contributed by atoms with Crippen LogP contribution in [0.1, 0.15) is 31.7 Å². The molecule has 0 radical (unpaired) electrons. The van der Waals surface area contributed by atoms with Gasteiger partial charge in [-0.05, 0) is 50.0 Å². The summed E-state index contributed by atoms with van der Waals surface area (Å²) in [4.78, 5) is 2.49. The quantitative estimate of drug-likeness (QED) is 0.845. The smallest absolute Gasteiger partial charge is 0.120 e. The second kappa shape index (κ2) is 8.71. The van der Waals surface area contributed by atoms with Crippen LogP contribution in [0.3, 0.4) is 0 Å². The van der Waals surface area contributed by atoms with E-state index in [0.717, 1.165) is 23.8 Å². The van der Waals surface area contributed by atoms with Crippen molar-refractivity contribution in [3.8, 4) is 17.6 Å². The van der Waals surface area contributed by atoms with Crippen molar-refractivity contribution in [2.75, 3.05) is 32.8 Å². The van der Waals surface area contributed by atoms with Crippen molar-refractivity contribution in [2.45, 2.75) is 26.2 Å². The third-order valence-corrected chi connectivity index (χ3v) is 4.11. The highest BCUT2D eigenvalue weighted by Gasteiger charge is 2.17. The zero-order valence-electron chi connectivity index (χ0n) is 12.8. The number of benzene rings is 1. The van der Waals surface area contributed by atoms with Gasteiger partial charge >= 0.3 is 0 Å². The summed E-state index contributed by atoms with van der Waals surface area (Å²) in [5.41, 5.74) is 0.880. The molecule has 0 atom stereocenters. The number of aliphatic hydroxyl groups excluding tert-OH is 1. The number of likely N-dealkylation sites (tertiary alicyclic amines) is 1. The molecule has 0 spiro atoms. The first-order chi connectivity index (χ1) is 10.3. The van der Waals surface area contributed by atoms with E-state index in [0.29, 0.717) is 6.61 Å². The Morgan fingerprint density at radius 2 is 2.14 bits per heavy atom. The molecule has 1 aromatic rings. The molecule has 0 aromatic heterocycles. The molecule has 0 amide bonds. The molecule has 1 fully saturated rings. The minimum atomic E-state index is -0.112. The minimum Gasteiger partial charge on any atom is -0.492 e. The standard InChI is InChI=1S/C18H25NO2/c1-2-16-8-10-19(11-9-16)12-14-21-18-7-3-5-17(15-18)6-4-13-20/h3,5,7,15-16,20H,2,8-14H2,1H3. The van der Waals surface area contributed by atoms with E-state index in [1.54, 1.807) is 0 Å². The van der Waals surface area contributed by atoms with Crippen LogP contribution in [0, 0.1) is 17.8 Å². The lowest BCUT2D eigenvalue weighted by Crippen LogP contribution is -2.36. The Morgan fingerprint density at radius 3 is 2.86 bits per heavy atom. The highest BCUT2D eigenvalue weighted by atomic mass is 16.5. The summed E-state index contributed by atoms with van der Waals surface area (Å²) in [6.45, 7) is 6.28. The number of ether oxygens (including phenoxy) is 1. The van der Waals surface area contributed by atoms with Crippen LogP contribution < -0.4 is 4.74 Å². The summed E-state index contributed by atoms with van der Waals surface area (Å²) >= 11 is 0. The van der Waals surface area contributed by atoms with Crippen molar-refractivity contribution in [2.24, 2.45) is 5.92 Å². The van der Waals surface area contributed by atoms with Gasteiger partial charge in [-0.25, -0.2) is 0 Å². The van der Waals surface area contributed by atoms with Gasteiger partial charge in [0.2, 0.25) is 0 Å². The molecule has 0 bridgehead atoms. The fraction of sp³-hybridized carbons (Fsp3) is 0.556. The van der Waals surface area contributed by atoms with Crippen LogP contribution in [0.5, 0.6) is 5.75 Å². The molecule has 2 rings (SSSR count). The number of hydrogen-bond acceptors (Lipinski definition) is 3. The topological polar surface area (TPSA) is 32.7 Å². The molecular formula is C18H25NO2. The van der Waals surface area contributed by atoms with Crippen LogP contribution in [0.2, 0.25) is 0 Å². The first-order valence-electron chi connectivity index (χ1n) is 7.86. The Labute approximate surface area is 127 Å². The highest BCUT2D eigenvalue weighted by molar-refractivity contribution is 5.39. The maximum absolute atomic E-state index is 8.71. The molecule has 0 unspecified atom stereocenters. The van der Waals surface area contributed by atoms with Gasteiger partial charge in [-0.3, -0.25) is 4.90 Å². The fourth-order valence-corrected chi connectivity index (χ4v) is 2.72. The van der Waals surface area contributed by atoms with Gasteiger partial charge < -0.3 is 9.84 Å². The predicted octanol–water partition coefficient (Wildman–Crippen LogP) is 2.53. The monoisotopic (exact) mass is 287 g/mol. The van der Waals surface area contributed by atoms with E-state index in [1.165, 1.54) is 32.4 Å². The molecule has 3 nitrogen and oxygen atoms in total. The number of aliphatic hydroxyl groups is 1. The Balaban J connectivity index is 1.73. The summed E-state index contributed by atoms with van der Waals surface area (Å²) in [6.07, 6.45) is 3.96. The SMILES string of the molecule is CCC1CCN(CCOc2cccc(C#CCO)c2)CC1. The van der Waals surface area contributed by atoms with Gasteiger partial charge in [-0.2, -0.15) is 0 Å². The molecule has 3 heteroatoms. The molecule has 21 heavy (non-hydrogen) atoms. The molecule has 1 N–H and O–H groups in total. The first-order valence-corrected chi connectivity index (χ1v) is 7.86. The average Bonchev–Trinajstić information content (AvgIpc) is 2.54. The molecule has 0 aliphatic carbocycles. The van der Waals surface area contributed by atoms with Crippen LogP contribution in [-0.2, 0) is 0 Å². The fourth-order valence-electron chi connectivity index (χ4n) is 2.72. The summed E-state index contributed by atoms with van der Waals surface area (Å²) in [7, 11) is 0. The Morgan fingerprint density at radius 1 is 1.33 bits per heavy atom. The minimum absolute atomic E-state index is 0.112. The van der Waals surface area contributed by atoms with Crippen LogP contribution in [0.4, 0.5) is 0 Å². The first kappa shape index (κ1) is 15.9. The summed E-state index contributed by atoms with van der Waals surface area (Å²) < 4.78 is 5.81. The number of hydrogen-bond donors (Lipinski definition) is 1. The number of piperidine rings is 1. The molecule has 1 aromatic carbocycles. The predicted molar refractivity (Wildman–Crippen MR) is 85.4 cm³/mol. The van der Waals surface area contributed by atoms with Crippen molar-refractivity contribution in [1.29, 1.82) is 0 Å². The van der Waals surface area contributed by atoms with E-state index in [4.69, 9.17) is 9.84 Å². The van der Waals surface area contributed by atoms with Gasteiger partial charge in [-0.15, -0.1) is 0 Å². The second-order valence-corrected chi connectivity index (χ2v) is 5.53. The maximum atomic E-state index is 8.71. The van der Waals surface area contributed by atoms with Gasteiger partial charge in [0.1, 0.15) is 19.0 Å². The van der Waals surface area contributed by atoms with Crippen molar-refractivity contribution in [1.82, 2.24) is 4.90 Å². The lowest BCUT2D eigenvalue weighted by molar-refractivity contribution is 0.153. The van der Waals surface area contributed by atoms with Crippen LogP contribution in [0.25, 0.3) is 0 Å². The van der Waals surface area contributed by atoms with E-state index in [-0.39, 0.29) is 6.61 Å². The molecule has 1 aliphatic heterocycles. The van der Waals surface area contributed by atoms with E-state index in [9.17, 15) is 0 Å². The third-order valence-electron chi connectivity index (χ3n) is 4.11. The summed E-state index contributed by atoms with van der Waals surface area (Å²) in [5, 5.41) is 8.71. The lowest BCUT2D eigenvalue weighted by Gasteiger charge is -2.31. The zero-order valence-corrected chi connectivity index (χ0v) is 12.8. The molecular weight excluding hydrogens is 262 g/mol. The molecule has 1 heterocycles. The second-order valence-electron chi connectivity index (χ2n) is 5.53. The maximum Gasteiger partial charge on any atom is 0.120 e. The van der Waals surface area contributed by atoms with E-state index in [1.807, 2.05) is 24.3 Å². The Kier molecular flexibility index (Phi) is 6.59. The van der Waals surface area contributed by atoms with Crippen LogP contribution >= 0.6 is 0 Å². The zero-order chi connectivity index (χ0) is 14.9. The van der Waals surface area contributed by atoms with E-state index in [2.05, 4.69) is 23.7 Å². The lowest BCUT2D eigenvalue weighted by atomic mass is 9.94. The van der Waals surface area contributed by atoms with Crippen LogP contribution in [0.15, 0.2) is 24.3 Å². The van der Waals surface area contributed by atoms with Crippen molar-refractivity contribution in [3.63, 3.8) is 0 Å². The van der Waals surface area contributed by atoms with Crippen molar-refractivity contribution in [3.05, 3.63) is 29.8 Å². The van der Waals surface area contributed by atoms with Crippen molar-refractivity contribution >= 4 is 0 Å². The van der Waals surface area contributed by atoms with E-state index >= 15 is 0 Å². The molecule has 114 valence electrons. The van der Waals surface area contributed by atoms with Gasteiger partial charge in [0.05, 0.1) is 0 Å². The van der Waals surface area contributed by atoms with Gasteiger partial charge in [0.15, 0.2) is 0 Å². The number of nitrogens with zero attached hydrogens (tertiary/aromatic N) is 1. The van der Waals surface area contributed by atoms with Gasteiger partial charge in [-0.1, -0.05) is 31.3 Å². The van der Waals surface area contributed by atoms with E-state index < -0.39 is 0 Å². The van der Waals surface area contributed by atoms with Crippen molar-refractivity contribution < 1.29 is 9.84 Å². The normalized spacial score (nSPS) is 16.3. The van der Waals surface area contributed by atoms with Gasteiger partial charge in [0.25, 0.3) is 0 Å². The molecule has 0 saturated carbocycles. The number of rotatable bonds is 5. The molecule has 1 aliphatic rings. The summed E-state index contributed by atoms with van der Waals surface area (Å²) in [6, 6.07) is 7.73. The summed E-state index contributed by atoms with van der Waals surface area (Å²) in [5.74, 6) is 7.32. The average molecular weight is 287 g/mol.